The molecule has 0 bridgehead atoms. The van der Waals surface area contributed by atoms with E-state index in [0.717, 1.165) is 52.8 Å². The first kappa shape index (κ1) is 23.6. The lowest BCUT2D eigenvalue weighted by atomic mass is 9.78. The summed E-state index contributed by atoms with van der Waals surface area (Å²) in [6.07, 6.45) is 6.15. The lowest BCUT2D eigenvalue weighted by Gasteiger charge is -2.28. The maximum Gasteiger partial charge on any atom is 0.216 e. The normalized spacial score (nSPS) is 15.5. The predicted molar refractivity (Wildman–Crippen MR) is 137 cm³/mol. The van der Waals surface area contributed by atoms with E-state index in [2.05, 4.69) is 25.4 Å². The van der Waals surface area contributed by atoms with Crippen LogP contribution in [0, 0.1) is 5.92 Å². The Labute approximate surface area is 202 Å². The van der Waals surface area contributed by atoms with Crippen molar-refractivity contribution in [2.45, 2.75) is 26.2 Å². The van der Waals surface area contributed by atoms with E-state index in [1.807, 2.05) is 48.5 Å². The third-order valence-corrected chi connectivity index (χ3v) is 6.05. The molecule has 174 valence electrons. The summed E-state index contributed by atoms with van der Waals surface area (Å²) >= 11 is 0. The van der Waals surface area contributed by atoms with Crippen molar-refractivity contribution in [3.05, 3.63) is 98.5 Å². The van der Waals surface area contributed by atoms with Crippen LogP contribution in [0.1, 0.15) is 36.6 Å². The molecule has 0 radical (unpaired) electrons. The van der Waals surface area contributed by atoms with Gasteiger partial charge in [-0.2, -0.15) is 0 Å². The van der Waals surface area contributed by atoms with E-state index in [0.29, 0.717) is 17.9 Å². The molecule has 0 saturated carbocycles. The third-order valence-electron chi connectivity index (χ3n) is 6.05. The number of nitrogens with zero attached hydrogens (tertiary/aromatic N) is 7. The molecule has 9 nitrogen and oxygen atoms in total. The highest BCUT2D eigenvalue weighted by Gasteiger charge is 2.26. The van der Waals surface area contributed by atoms with Crippen LogP contribution in [0.3, 0.4) is 0 Å². The molecule has 1 aliphatic carbocycles. The summed E-state index contributed by atoms with van der Waals surface area (Å²) < 4.78 is 0. The van der Waals surface area contributed by atoms with Gasteiger partial charge in [-0.1, -0.05) is 58.8 Å². The molecule has 1 heterocycles. The number of hydrogen-bond donors (Lipinski definition) is 1. The van der Waals surface area contributed by atoms with Gasteiger partial charge >= 0.3 is 0 Å². The minimum atomic E-state index is -0.0501. The Hall–Kier alpha value is -4.58. The van der Waals surface area contributed by atoms with Crippen molar-refractivity contribution in [1.82, 2.24) is 10.3 Å². The van der Waals surface area contributed by atoms with Crippen molar-refractivity contribution in [3.63, 3.8) is 0 Å². The number of benzene rings is 2. The average molecular weight is 465 g/mol. The van der Waals surface area contributed by atoms with Gasteiger partial charge < -0.3 is 5.32 Å². The van der Waals surface area contributed by atoms with Crippen LogP contribution in [0.4, 0.5) is 11.4 Å². The molecule has 1 atom stereocenters. The van der Waals surface area contributed by atoms with Crippen LogP contribution in [-0.4, -0.2) is 17.4 Å². The van der Waals surface area contributed by atoms with Crippen LogP contribution in [-0.2, 0) is 11.2 Å². The summed E-state index contributed by atoms with van der Waals surface area (Å²) in [5.74, 6) is 0.215. The Balaban J connectivity index is 1.85. The number of amides is 1. The highest BCUT2D eigenvalue weighted by molar-refractivity contribution is 5.89. The zero-order valence-electron chi connectivity index (χ0n) is 19.3. The molecule has 0 saturated heterocycles. The summed E-state index contributed by atoms with van der Waals surface area (Å²) in [6, 6.07) is 16.9. The molecular weight excluding hydrogens is 440 g/mol. The molecule has 4 rings (SSSR count). The molecule has 1 aromatic heterocycles. The topological polar surface area (TPSA) is 140 Å². The van der Waals surface area contributed by atoms with Crippen LogP contribution < -0.4 is 5.32 Å². The van der Waals surface area contributed by atoms with Gasteiger partial charge in [0.2, 0.25) is 5.91 Å². The SMILES string of the molecule is CC(=O)NCCC1C/C(=C\c2ccccc2N=[N+]=[N-])c2nccc(-c3ccccc3N=[N+]=[N-])c2C1. The number of rotatable bonds is 7. The molecule has 1 N–H and O–H groups in total. The molecule has 0 fully saturated rings. The zero-order chi connectivity index (χ0) is 24.6. The number of allylic oxidation sites excluding steroid dienone is 1. The Kier molecular flexibility index (Phi) is 7.43. The van der Waals surface area contributed by atoms with Gasteiger partial charge in [-0.25, -0.2) is 0 Å². The second-order valence-electron chi connectivity index (χ2n) is 8.36. The minimum Gasteiger partial charge on any atom is -0.356 e. The maximum atomic E-state index is 11.4. The lowest BCUT2D eigenvalue weighted by molar-refractivity contribution is -0.119. The van der Waals surface area contributed by atoms with Gasteiger partial charge in [-0.3, -0.25) is 9.78 Å². The Morgan fingerprint density at radius 3 is 2.51 bits per heavy atom. The van der Waals surface area contributed by atoms with Crippen molar-refractivity contribution in [2.24, 2.45) is 16.1 Å². The number of nitrogens with one attached hydrogen (secondary N) is 1. The molecular formula is C26H24N8O. The van der Waals surface area contributed by atoms with Crippen LogP contribution in [0.5, 0.6) is 0 Å². The molecule has 9 heteroatoms. The molecule has 35 heavy (non-hydrogen) atoms. The number of hydrogen-bond acceptors (Lipinski definition) is 4. The van der Waals surface area contributed by atoms with Crippen LogP contribution in [0.2, 0.25) is 0 Å². The summed E-state index contributed by atoms with van der Waals surface area (Å²) in [7, 11) is 0. The fraction of sp³-hybridized carbons (Fsp3) is 0.231. The summed E-state index contributed by atoms with van der Waals surface area (Å²) in [5.41, 5.74) is 24.8. The van der Waals surface area contributed by atoms with Gasteiger partial charge in [0.05, 0.1) is 5.69 Å². The number of carbonyl (C=O) groups is 1. The standard InChI is InChI=1S/C26H24N8O/c1-17(35)29-12-10-18-14-20(16-19-6-2-4-8-24(19)31-33-27)26-23(15-18)21(11-13-30-26)22-7-3-5-9-25(22)32-34-28/h2-9,11,13,16,18H,10,12,14-15H2,1H3,(H,29,35)/b20-16+. The van der Waals surface area contributed by atoms with E-state index in [9.17, 15) is 4.79 Å². The molecule has 1 unspecified atom stereocenters. The highest BCUT2D eigenvalue weighted by Crippen LogP contribution is 2.42. The van der Waals surface area contributed by atoms with E-state index in [1.165, 1.54) is 6.92 Å². The van der Waals surface area contributed by atoms with E-state index >= 15 is 0 Å². The number of pyridine rings is 1. The van der Waals surface area contributed by atoms with Gasteiger partial charge in [0, 0.05) is 40.9 Å². The predicted octanol–water partition coefficient (Wildman–Crippen LogP) is 7.26. The fourth-order valence-electron chi connectivity index (χ4n) is 4.55. The smallest absolute Gasteiger partial charge is 0.216 e. The average Bonchev–Trinajstić information content (AvgIpc) is 2.85. The summed E-state index contributed by atoms with van der Waals surface area (Å²) in [5, 5.41) is 10.6. The van der Waals surface area contributed by atoms with Crippen molar-refractivity contribution < 1.29 is 4.79 Å². The largest absolute Gasteiger partial charge is 0.356 e. The molecule has 0 aliphatic heterocycles. The molecule has 0 spiro atoms. The third kappa shape index (κ3) is 5.50. The molecule has 3 aromatic rings. The first-order chi connectivity index (χ1) is 17.1. The van der Waals surface area contributed by atoms with E-state index in [1.54, 1.807) is 18.3 Å². The van der Waals surface area contributed by atoms with Gasteiger partial charge in [-0.15, -0.1) is 0 Å². The van der Waals surface area contributed by atoms with Crippen molar-refractivity contribution >= 4 is 28.9 Å². The van der Waals surface area contributed by atoms with Gasteiger partial charge in [-0.05, 0) is 76.2 Å². The molecule has 1 aliphatic rings. The lowest BCUT2D eigenvalue weighted by Crippen LogP contribution is -2.25. The zero-order valence-corrected chi connectivity index (χ0v) is 19.3. The fourth-order valence-corrected chi connectivity index (χ4v) is 4.55. The van der Waals surface area contributed by atoms with Crippen LogP contribution in [0.25, 0.3) is 43.7 Å². The van der Waals surface area contributed by atoms with E-state index < -0.39 is 0 Å². The van der Waals surface area contributed by atoms with Crippen molar-refractivity contribution in [1.29, 1.82) is 0 Å². The number of azide groups is 2. The number of aromatic nitrogens is 1. The quantitative estimate of drug-likeness (QED) is 0.223. The molecule has 1 amide bonds. The maximum absolute atomic E-state index is 11.4. The van der Waals surface area contributed by atoms with Gasteiger partial charge in [0.25, 0.3) is 0 Å². The van der Waals surface area contributed by atoms with E-state index in [4.69, 9.17) is 16.0 Å². The summed E-state index contributed by atoms with van der Waals surface area (Å²) in [6.45, 7) is 2.10. The van der Waals surface area contributed by atoms with Crippen molar-refractivity contribution in [3.8, 4) is 11.1 Å². The first-order valence-electron chi connectivity index (χ1n) is 11.3. The minimum absolute atomic E-state index is 0.0501. The van der Waals surface area contributed by atoms with Crippen LogP contribution in [0.15, 0.2) is 71.0 Å². The second-order valence-corrected chi connectivity index (χ2v) is 8.36. The summed E-state index contributed by atoms with van der Waals surface area (Å²) in [4.78, 5) is 22.1. The Morgan fingerprint density at radius 1 is 1.03 bits per heavy atom. The van der Waals surface area contributed by atoms with Crippen LogP contribution >= 0.6 is 0 Å². The number of fused-ring (bicyclic) bond motifs is 1. The van der Waals surface area contributed by atoms with E-state index in [-0.39, 0.29) is 11.8 Å². The number of carbonyl (C=O) groups excluding carboxylic acids is 1. The monoisotopic (exact) mass is 464 g/mol. The Morgan fingerprint density at radius 2 is 1.74 bits per heavy atom. The Bertz CT molecular complexity index is 1380. The first-order valence-corrected chi connectivity index (χ1v) is 11.3. The van der Waals surface area contributed by atoms with Gasteiger partial charge in [0.15, 0.2) is 0 Å². The van der Waals surface area contributed by atoms with Gasteiger partial charge in [0.1, 0.15) is 0 Å². The van der Waals surface area contributed by atoms with Crippen molar-refractivity contribution in [2.75, 3.05) is 6.54 Å². The highest BCUT2D eigenvalue weighted by atomic mass is 16.1. The second kappa shape index (κ2) is 11.0. The molecule has 2 aromatic carbocycles.